The number of nitrogens with one attached hydrogen (secondary N) is 1. The van der Waals surface area contributed by atoms with E-state index in [4.69, 9.17) is 0 Å². The minimum absolute atomic E-state index is 0.0829. The van der Waals surface area contributed by atoms with Crippen LogP contribution in [0.1, 0.15) is 26.0 Å². The highest BCUT2D eigenvalue weighted by molar-refractivity contribution is 7.99. The predicted octanol–water partition coefficient (Wildman–Crippen LogP) is 3.10. The maximum atomic E-state index is 13.1. The number of para-hydroxylation sites is 1. The third kappa shape index (κ3) is 4.36. The molecule has 0 aliphatic carbocycles. The summed E-state index contributed by atoms with van der Waals surface area (Å²) in [7, 11) is 0. The number of pyridine rings is 1. The molecule has 0 unspecified atom stereocenters. The first-order chi connectivity index (χ1) is 13.0. The minimum atomic E-state index is -0.191. The van der Waals surface area contributed by atoms with Crippen LogP contribution in [-0.2, 0) is 4.79 Å². The Morgan fingerprint density at radius 2 is 1.96 bits per heavy atom. The Kier molecular flexibility index (Phi) is 5.91. The molecule has 1 aromatic carbocycles. The Balaban J connectivity index is 2.03. The van der Waals surface area contributed by atoms with Gasteiger partial charge in [0.15, 0.2) is 5.16 Å². The van der Waals surface area contributed by atoms with E-state index in [1.807, 2.05) is 45.0 Å². The first-order valence-corrected chi connectivity index (χ1v) is 9.86. The molecule has 140 valence electrons. The highest BCUT2D eigenvalue weighted by atomic mass is 32.2. The molecule has 2 aromatic heterocycles. The van der Waals surface area contributed by atoms with Crippen molar-refractivity contribution in [3.8, 4) is 5.82 Å². The van der Waals surface area contributed by atoms with E-state index in [0.717, 1.165) is 12.1 Å². The molecule has 2 heterocycles. The lowest BCUT2D eigenvalue weighted by Gasteiger charge is -2.14. The molecule has 3 aromatic rings. The number of hydrogen-bond acceptors (Lipinski definition) is 5. The Labute approximate surface area is 162 Å². The molecule has 0 aliphatic rings. The molecule has 27 heavy (non-hydrogen) atoms. The summed E-state index contributed by atoms with van der Waals surface area (Å²) >= 11 is 1.24. The Morgan fingerprint density at radius 3 is 2.70 bits per heavy atom. The van der Waals surface area contributed by atoms with Crippen LogP contribution < -0.4 is 10.9 Å². The number of hydrogen-bond donors (Lipinski definition) is 1. The zero-order valence-corrected chi connectivity index (χ0v) is 16.4. The number of rotatable bonds is 6. The molecule has 0 saturated carbocycles. The second-order valence-electron chi connectivity index (χ2n) is 6.35. The number of nitrogens with zero attached hydrogens (tertiary/aromatic N) is 3. The number of carbonyl (C=O) groups is 1. The number of amides is 1. The normalized spacial score (nSPS) is 12.1. The summed E-state index contributed by atoms with van der Waals surface area (Å²) in [6.45, 7) is 5.85. The molecule has 7 heteroatoms. The number of aromatic nitrogens is 3. The Bertz CT molecular complexity index is 1030. The summed E-state index contributed by atoms with van der Waals surface area (Å²) in [5, 5.41) is 3.91. The van der Waals surface area contributed by atoms with Gasteiger partial charge in [0.25, 0.3) is 5.56 Å². The first-order valence-electron chi connectivity index (χ1n) is 8.87. The van der Waals surface area contributed by atoms with Crippen molar-refractivity contribution >= 4 is 28.6 Å². The summed E-state index contributed by atoms with van der Waals surface area (Å²) < 4.78 is 1.48. The van der Waals surface area contributed by atoms with Crippen LogP contribution in [0.5, 0.6) is 0 Å². The van der Waals surface area contributed by atoms with Gasteiger partial charge >= 0.3 is 0 Å². The summed E-state index contributed by atoms with van der Waals surface area (Å²) in [6.07, 6.45) is 0.864. The molecular formula is C20H22N4O2S. The van der Waals surface area contributed by atoms with Crippen LogP contribution in [0.4, 0.5) is 0 Å². The van der Waals surface area contributed by atoms with Crippen LogP contribution in [0, 0.1) is 6.92 Å². The molecular weight excluding hydrogens is 360 g/mol. The van der Waals surface area contributed by atoms with Gasteiger partial charge in [-0.3, -0.25) is 9.59 Å². The number of thioether (sulfide) groups is 1. The molecule has 0 saturated heterocycles. The summed E-state index contributed by atoms with van der Waals surface area (Å²) in [5.41, 5.74) is 1.22. The maximum absolute atomic E-state index is 13.1. The van der Waals surface area contributed by atoms with Gasteiger partial charge in [0.1, 0.15) is 5.82 Å². The predicted molar refractivity (Wildman–Crippen MR) is 108 cm³/mol. The number of aryl methyl sites for hydroxylation is 1. The Hall–Kier alpha value is -2.67. The van der Waals surface area contributed by atoms with Crippen LogP contribution in [0.2, 0.25) is 0 Å². The second-order valence-corrected chi connectivity index (χ2v) is 7.30. The summed E-state index contributed by atoms with van der Waals surface area (Å²) in [4.78, 5) is 34.4. The van der Waals surface area contributed by atoms with Gasteiger partial charge in [0.2, 0.25) is 5.91 Å². The topological polar surface area (TPSA) is 76.9 Å². The maximum Gasteiger partial charge on any atom is 0.267 e. The van der Waals surface area contributed by atoms with Gasteiger partial charge in [-0.25, -0.2) is 14.5 Å². The molecule has 0 aliphatic heterocycles. The third-order valence-electron chi connectivity index (χ3n) is 4.20. The average Bonchev–Trinajstić information content (AvgIpc) is 2.66. The monoisotopic (exact) mass is 382 g/mol. The number of fused-ring (bicyclic) bond motifs is 1. The van der Waals surface area contributed by atoms with Crippen molar-refractivity contribution in [2.24, 2.45) is 0 Å². The van der Waals surface area contributed by atoms with Crippen LogP contribution in [0.25, 0.3) is 16.7 Å². The number of carbonyl (C=O) groups excluding carboxylic acids is 1. The Morgan fingerprint density at radius 1 is 1.19 bits per heavy atom. The van der Waals surface area contributed by atoms with E-state index >= 15 is 0 Å². The smallest absolute Gasteiger partial charge is 0.267 e. The minimum Gasteiger partial charge on any atom is -0.353 e. The van der Waals surface area contributed by atoms with Gasteiger partial charge in [0.05, 0.1) is 16.7 Å². The highest BCUT2D eigenvalue weighted by Crippen LogP contribution is 2.20. The van der Waals surface area contributed by atoms with Gasteiger partial charge in [-0.1, -0.05) is 36.9 Å². The lowest BCUT2D eigenvalue weighted by molar-refractivity contribution is -0.119. The molecule has 1 amide bonds. The van der Waals surface area contributed by atoms with Gasteiger partial charge in [-0.05, 0) is 44.5 Å². The molecule has 1 N–H and O–H groups in total. The van der Waals surface area contributed by atoms with Crippen molar-refractivity contribution in [2.45, 2.75) is 38.4 Å². The van der Waals surface area contributed by atoms with Crippen molar-refractivity contribution in [3.05, 3.63) is 58.5 Å². The summed E-state index contributed by atoms with van der Waals surface area (Å²) in [6, 6.07) is 12.8. The average molecular weight is 382 g/mol. The summed E-state index contributed by atoms with van der Waals surface area (Å²) in [5.74, 6) is 0.601. The fourth-order valence-electron chi connectivity index (χ4n) is 2.61. The fraction of sp³-hybridized carbons (Fsp3) is 0.300. The number of benzene rings is 1. The van der Waals surface area contributed by atoms with Crippen molar-refractivity contribution in [1.82, 2.24) is 19.9 Å². The molecule has 0 spiro atoms. The zero-order chi connectivity index (χ0) is 19.4. The third-order valence-corrected chi connectivity index (χ3v) is 5.14. The lowest BCUT2D eigenvalue weighted by Crippen LogP contribution is -2.33. The van der Waals surface area contributed by atoms with E-state index in [0.29, 0.717) is 21.9 Å². The first kappa shape index (κ1) is 19.1. The van der Waals surface area contributed by atoms with E-state index in [1.54, 1.807) is 18.2 Å². The van der Waals surface area contributed by atoms with Crippen LogP contribution in [0.15, 0.2) is 52.4 Å². The SMILES string of the molecule is CC[C@@H](C)NC(=O)CSc1nc2ccccc2c(=O)n1-c1cccc(C)n1. The fourth-order valence-corrected chi connectivity index (χ4v) is 3.43. The van der Waals surface area contributed by atoms with Crippen molar-refractivity contribution in [3.63, 3.8) is 0 Å². The van der Waals surface area contributed by atoms with Crippen LogP contribution in [-0.4, -0.2) is 32.2 Å². The van der Waals surface area contributed by atoms with E-state index in [1.165, 1.54) is 16.3 Å². The van der Waals surface area contributed by atoms with Crippen molar-refractivity contribution in [1.29, 1.82) is 0 Å². The molecule has 3 rings (SSSR count). The standard InChI is InChI=1S/C20H22N4O2S/c1-4-13(2)22-18(25)12-27-20-23-16-10-6-5-9-15(16)19(26)24(20)17-11-7-8-14(3)21-17/h5-11,13H,4,12H2,1-3H3,(H,22,25)/t13-/m1/s1. The van der Waals surface area contributed by atoms with E-state index < -0.39 is 0 Å². The molecule has 0 fully saturated rings. The largest absolute Gasteiger partial charge is 0.353 e. The quantitative estimate of drug-likeness (QED) is 0.524. The van der Waals surface area contributed by atoms with Crippen LogP contribution >= 0.6 is 11.8 Å². The molecule has 0 bridgehead atoms. The molecule has 1 atom stereocenters. The lowest BCUT2D eigenvalue weighted by atomic mass is 10.2. The van der Waals surface area contributed by atoms with Crippen molar-refractivity contribution in [2.75, 3.05) is 5.75 Å². The van der Waals surface area contributed by atoms with E-state index in [-0.39, 0.29) is 23.3 Å². The van der Waals surface area contributed by atoms with E-state index in [9.17, 15) is 9.59 Å². The molecule has 6 nitrogen and oxygen atoms in total. The van der Waals surface area contributed by atoms with E-state index in [2.05, 4.69) is 15.3 Å². The van der Waals surface area contributed by atoms with Gasteiger partial charge in [0, 0.05) is 11.7 Å². The van der Waals surface area contributed by atoms with Crippen LogP contribution in [0.3, 0.4) is 0 Å². The van der Waals surface area contributed by atoms with Gasteiger partial charge in [-0.2, -0.15) is 0 Å². The molecule has 0 radical (unpaired) electrons. The van der Waals surface area contributed by atoms with Gasteiger partial charge < -0.3 is 5.32 Å². The highest BCUT2D eigenvalue weighted by Gasteiger charge is 2.16. The zero-order valence-electron chi connectivity index (χ0n) is 15.6. The van der Waals surface area contributed by atoms with Gasteiger partial charge in [-0.15, -0.1) is 0 Å². The van der Waals surface area contributed by atoms with Crippen molar-refractivity contribution < 1.29 is 4.79 Å². The second kappa shape index (κ2) is 8.35.